The summed E-state index contributed by atoms with van der Waals surface area (Å²) in [6.07, 6.45) is 4.72. The Morgan fingerprint density at radius 2 is 2.00 bits per heavy atom. The first kappa shape index (κ1) is 15.1. The summed E-state index contributed by atoms with van der Waals surface area (Å²) < 4.78 is 5.14. The number of rotatable bonds is 6. The number of hydrogen-bond acceptors (Lipinski definition) is 3. The van der Waals surface area contributed by atoms with E-state index in [1.165, 1.54) is 11.6 Å². The maximum absolute atomic E-state index is 11.8. The molecule has 0 spiro atoms. The van der Waals surface area contributed by atoms with Crippen molar-refractivity contribution in [3.63, 3.8) is 0 Å². The van der Waals surface area contributed by atoms with Crippen molar-refractivity contribution in [2.75, 3.05) is 20.6 Å². The molecule has 0 radical (unpaired) electrons. The molecule has 0 aliphatic carbocycles. The van der Waals surface area contributed by atoms with E-state index in [2.05, 4.69) is 22.3 Å². The van der Waals surface area contributed by atoms with E-state index < -0.39 is 0 Å². The zero-order valence-electron chi connectivity index (χ0n) is 12.3. The van der Waals surface area contributed by atoms with Gasteiger partial charge in [-0.1, -0.05) is 30.3 Å². The second-order valence-corrected chi connectivity index (χ2v) is 4.98. The van der Waals surface area contributed by atoms with Crippen LogP contribution in [0.15, 0.2) is 59.2 Å². The predicted molar refractivity (Wildman–Crippen MR) is 83.6 cm³/mol. The van der Waals surface area contributed by atoms with E-state index in [0.717, 1.165) is 0 Å². The molecule has 1 atom stereocenters. The summed E-state index contributed by atoms with van der Waals surface area (Å²) in [5, 5.41) is 2.92. The Morgan fingerprint density at radius 3 is 2.62 bits per heavy atom. The Balaban J connectivity index is 1.92. The fourth-order valence-corrected chi connectivity index (χ4v) is 2.07. The van der Waals surface area contributed by atoms with E-state index in [1.807, 2.05) is 32.3 Å². The Bertz CT molecular complexity index is 574. The highest BCUT2D eigenvalue weighted by molar-refractivity contribution is 5.91. The van der Waals surface area contributed by atoms with Crippen LogP contribution in [0.3, 0.4) is 0 Å². The lowest BCUT2D eigenvalue weighted by Crippen LogP contribution is -2.33. The predicted octanol–water partition coefficient (Wildman–Crippen LogP) is 2.71. The second kappa shape index (κ2) is 7.45. The smallest absolute Gasteiger partial charge is 0.244 e. The third-order valence-electron chi connectivity index (χ3n) is 3.22. The number of likely N-dealkylation sites (N-methyl/N-ethyl adjacent to an activating group) is 1. The summed E-state index contributed by atoms with van der Waals surface area (Å²) in [5.41, 5.74) is 1.18. The monoisotopic (exact) mass is 284 g/mol. The molecule has 0 saturated carbocycles. The standard InChI is InChI=1S/C17H20N2O2/c1-19(2)16(14-7-4-3-5-8-14)13-18-17(20)11-10-15-9-6-12-21-15/h3-12,16H,13H2,1-2H3,(H,18,20)/b11-10-/t16-/m0/s1. The van der Waals surface area contributed by atoms with Crippen LogP contribution >= 0.6 is 0 Å². The van der Waals surface area contributed by atoms with Crippen molar-refractivity contribution < 1.29 is 9.21 Å². The lowest BCUT2D eigenvalue weighted by molar-refractivity contribution is -0.116. The third-order valence-corrected chi connectivity index (χ3v) is 3.22. The second-order valence-electron chi connectivity index (χ2n) is 4.98. The van der Waals surface area contributed by atoms with Crippen molar-refractivity contribution in [3.8, 4) is 0 Å². The number of furan rings is 1. The third kappa shape index (κ3) is 4.61. The first-order valence-electron chi connectivity index (χ1n) is 6.87. The highest BCUT2D eigenvalue weighted by atomic mass is 16.3. The van der Waals surface area contributed by atoms with Crippen molar-refractivity contribution in [1.29, 1.82) is 0 Å². The van der Waals surface area contributed by atoms with Crippen molar-refractivity contribution >= 4 is 12.0 Å². The van der Waals surface area contributed by atoms with Crippen molar-refractivity contribution in [3.05, 3.63) is 66.1 Å². The molecule has 0 bridgehead atoms. The molecule has 0 aliphatic heterocycles. The molecule has 0 fully saturated rings. The molecule has 4 nitrogen and oxygen atoms in total. The molecule has 2 rings (SSSR count). The minimum absolute atomic E-state index is 0.130. The molecular formula is C17H20N2O2. The van der Waals surface area contributed by atoms with Gasteiger partial charge in [-0.2, -0.15) is 0 Å². The van der Waals surface area contributed by atoms with Crippen LogP contribution in [-0.4, -0.2) is 31.4 Å². The summed E-state index contributed by atoms with van der Waals surface area (Å²) >= 11 is 0. The number of nitrogens with zero attached hydrogens (tertiary/aromatic N) is 1. The van der Waals surface area contributed by atoms with E-state index in [1.54, 1.807) is 24.5 Å². The van der Waals surface area contributed by atoms with Gasteiger partial charge < -0.3 is 14.6 Å². The van der Waals surface area contributed by atoms with Gasteiger partial charge in [0.05, 0.1) is 12.3 Å². The van der Waals surface area contributed by atoms with Gasteiger partial charge >= 0.3 is 0 Å². The van der Waals surface area contributed by atoms with Crippen molar-refractivity contribution in [2.45, 2.75) is 6.04 Å². The fraction of sp³-hybridized carbons (Fsp3) is 0.235. The molecule has 0 saturated heterocycles. The van der Waals surface area contributed by atoms with Crippen LogP contribution in [0.1, 0.15) is 17.4 Å². The number of carbonyl (C=O) groups is 1. The number of nitrogens with one attached hydrogen (secondary N) is 1. The Hall–Kier alpha value is -2.33. The summed E-state index contributed by atoms with van der Waals surface area (Å²) in [4.78, 5) is 13.9. The SMILES string of the molecule is CN(C)[C@@H](CNC(=O)/C=C\c1ccco1)c1ccccc1. The molecular weight excluding hydrogens is 264 g/mol. The van der Waals surface area contributed by atoms with Crippen LogP contribution in [0.5, 0.6) is 0 Å². The summed E-state index contributed by atoms with van der Waals surface area (Å²) in [6, 6.07) is 13.9. The average Bonchev–Trinajstić information content (AvgIpc) is 2.99. The van der Waals surface area contributed by atoms with Gasteiger partial charge in [-0.3, -0.25) is 4.79 Å². The van der Waals surface area contributed by atoms with Gasteiger partial charge in [-0.05, 0) is 37.9 Å². The highest BCUT2D eigenvalue weighted by Crippen LogP contribution is 2.16. The lowest BCUT2D eigenvalue weighted by atomic mass is 10.1. The van der Waals surface area contributed by atoms with Gasteiger partial charge in [0.15, 0.2) is 0 Å². The fourth-order valence-electron chi connectivity index (χ4n) is 2.07. The van der Waals surface area contributed by atoms with Crippen LogP contribution in [0.4, 0.5) is 0 Å². The normalized spacial score (nSPS) is 12.7. The van der Waals surface area contributed by atoms with E-state index >= 15 is 0 Å². The zero-order chi connectivity index (χ0) is 15.1. The number of hydrogen-bond donors (Lipinski definition) is 1. The first-order chi connectivity index (χ1) is 10.2. The maximum Gasteiger partial charge on any atom is 0.244 e. The lowest BCUT2D eigenvalue weighted by Gasteiger charge is -2.24. The van der Waals surface area contributed by atoms with E-state index in [-0.39, 0.29) is 11.9 Å². The first-order valence-corrected chi connectivity index (χ1v) is 6.87. The molecule has 2 aromatic rings. The maximum atomic E-state index is 11.8. The molecule has 21 heavy (non-hydrogen) atoms. The zero-order valence-corrected chi connectivity index (χ0v) is 12.3. The molecule has 1 aromatic heterocycles. The van der Waals surface area contributed by atoms with Crippen LogP contribution in [0.25, 0.3) is 6.08 Å². The Labute approximate surface area is 125 Å². The molecule has 1 aromatic carbocycles. The molecule has 1 amide bonds. The molecule has 110 valence electrons. The van der Waals surface area contributed by atoms with Gasteiger partial charge in [0.1, 0.15) is 5.76 Å². The van der Waals surface area contributed by atoms with Gasteiger partial charge in [-0.25, -0.2) is 0 Å². The summed E-state index contributed by atoms with van der Waals surface area (Å²) in [5.74, 6) is 0.534. The molecule has 4 heteroatoms. The van der Waals surface area contributed by atoms with E-state index in [4.69, 9.17) is 4.42 Å². The van der Waals surface area contributed by atoms with Crippen molar-refractivity contribution in [1.82, 2.24) is 10.2 Å². The van der Waals surface area contributed by atoms with Crippen LogP contribution in [0.2, 0.25) is 0 Å². The Morgan fingerprint density at radius 1 is 1.24 bits per heavy atom. The van der Waals surface area contributed by atoms with Crippen molar-refractivity contribution in [2.24, 2.45) is 0 Å². The van der Waals surface area contributed by atoms with E-state index in [9.17, 15) is 4.79 Å². The number of carbonyl (C=O) groups excluding carboxylic acids is 1. The van der Waals surface area contributed by atoms with Gasteiger partial charge in [0, 0.05) is 12.6 Å². The summed E-state index contributed by atoms with van der Waals surface area (Å²) in [7, 11) is 4.00. The molecule has 0 aliphatic rings. The van der Waals surface area contributed by atoms with Crippen LogP contribution < -0.4 is 5.32 Å². The van der Waals surface area contributed by atoms with Crippen LogP contribution in [0, 0.1) is 0 Å². The highest BCUT2D eigenvalue weighted by Gasteiger charge is 2.14. The largest absolute Gasteiger partial charge is 0.465 e. The Kier molecular flexibility index (Phi) is 5.35. The topological polar surface area (TPSA) is 45.5 Å². The van der Waals surface area contributed by atoms with Gasteiger partial charge in [0.25, 0.3) is 0 Å². The average molecular weight is 284 g/mol. The minimum Gasteiger partial charge on any atom is -0.465 e. The molecule has 1 heterocycles. The minimum atomic E-state index is -0.130. The van der Waals surface area contributed by atoms with Crippen LogP contribution in [-0.2, 0) is 4.79 Å². The number of amides is 1. The number of benzene rings is 1. The van der Waals surface area contributed by atoms with Gasteiger partial charge in [-0.15, -0.1) is 0 Å². The van der Waals surface area contributed by atoms with E-state index in [0.29, 0.717) is 12.3 Å². The summed E-state index contributed by atoms with van der Waals surface area (Å²) in [6.45, 7) is 0.554. The molecule has 0 unspecified atom stereocenters. The van der Waals surface area contributed by atoms with Gasteiger partial charge in [0.2, 0.25) is 5.91 Å². The quantitative estimate of drug-likeness (QED) is 0.830. The molecule has 1 N–H and O–H groups in total.